The van der Waals surface area contributed by atoms with E-state index in [1.807, 2.05) is 25.2 Å². The minimum atomic E-state index is 0.314. The van der Waals surface area contributed by atoms with Gasteiger partial charge in [0.1, 0.15) is 11.3 Å². The van der Waals surface area contributed by atoms with Gasteiger partial charge in [-0.05, 0) is 50.1 Å². The first-order valence-electron chi connectivity index (χ1n) is 8.14. The predicted molar refractivity (Wildman–Crippen MR) is 88.8 cm³/mol. The van der Waals surface area contributed by atoms with Crippen molar-refractivity contribution in [3.8, 4) is 0 Å². The van der Waals surface area contributed by atoms with E-state index < -0.39 is 0 Å². The third-order valence-corrected chi connectivity index (χ3v) is 4.97. The van der Waals surface area contributed by atoms with Crippen LogP contribution in [0.1, 0.15) is 56.7 Å². The SMILES string of the molecule is CNC(c1cc2cc(Cl)ccc2o1)C1CCCCCCC1. The summed E-state index contributed by atoms with van der Waals surface area (Å²) in [7, 11) is 2.05. The van der Waals surface area contributed by atoms with E-state index in [0.717, 1.165) is 21.8 Å². The first kappa shape index (κ1) is 14.9. The molecule has 2 aromatic rings. The van der Waals surface area contributed by atoms with E-state index in [2.05, 4.69) is 11.4 Å². The maximum Gasteiger partial charge on any atom is 0.134 e. The summed E-state index contributed by atoms with van der Waals surface area (Å²) >= 11 is 6.07. The smallest absolute Gasteiger partial charge is 0.134 e. The number of rotatable bonds is 3. The van der Waals surface area contributed by atoms with Gasteiger partial charge in [0.15, 0.2) is 0 Å². The molecule has 0 amide bonds. The molecule has 114 valence electrons. The number of hydrogen-bond acceptors (Lipinski definition) is 2. The molecule has 0 saturated heterocycles. The van der Waals surface area contributed by atoms with Crippen molar-refractivity contribution in [3.05, 3.63) is 35.0 Å². The highest BCUT2D eigenvalue weighted by Gasteiger charge is 2.25. The second kappa shape index (κ2) is 6.85. The average Bonchev–Trinajstić information content (AvgIpc) is 2.84. The molecule has 1 unspecified atom stereocenters. The number of fused-ring (bicyclic) bond motifs is 1. The number of hydrogen-bond donors (Lipinski definition) is 1. The molecular formula is C18H24ClNO. The lowest BCUT2D eigenvalue weighted by molar-refractivity contribution is 0.272. The number of furan rings is 1. The van der Waals surface area contributed by atoms with Gasteiger partial charge in [0.05, 0.1) is 6.04 Å². The van der Waals surface area contributed by atoms with Crippen LogP contribution in [-0.2, 0) is 0 Å². The second-order valence-electron chi connectivity index (χ2n) is 6.20. The Morgan fingerprint density at radius 2 is 1.81 bits per heavy atom. The Kier molecular flexibility index (Phi) is 4.87. The summed E-state index contributed by atoms with van der Waals surface area (Å²) in [5.74, 6) is 1.73. The van der Waals surface area contributed by atoms with Gasteiger partial charge in [0.2, 0.25) is 0 Å². The average molecular weight is 306 g/mol. The van der Waals surface area contributed by atoms with Gasteiger partial charge in [0, 0.05) is 10.4 Å². The van der Waals surface area contributed by atoms with E-state index in [9.17, 15) is 0 Å². The lowest BCUT2D eigenvalue weighted by Crippen LogP contribution is -2.25. The van der Waals surface area contributed by atoms with Crippen LogP contribution < -0.4 is 5.32 Å². The van der Waals surface area contributed by atoms with Crippen LogP contribution in [0, 0.1) is 5.92 Å². The fourth-order valence-corrected chi connectivity index (χ4v) is 3.80. The number of nitrogens with one attached hydrogen (secondary N) is 1. The maximum absolute atomic E-state index is 6.08. The fraction of sp³-hybridized carbons (Fsp3) is 0.556. The summed E-state index contributed by atoms with van der Waals surface area (Å²) in [4.78, 5) is 0. The van der Waals surface area contributed by atoms with Gasteiger partial charge in [0.25, 0.3) is 0 Å². The van der Waals surface area contributed by atoms with Crippen molar-refractivity contribution in [2.24, 2.45) is 5.92 Å². The zero-order valence-corrected chi connectivity index (χ0v) is 13.5. The van der Waals surface area contributed by atoms with Crippen molar-refractivity contribution < 1.29 is 4.42 Å². The van der Waals surface area contributed by atoms with Crippen LogP contribution in [0.25, 0.3) is 11.0 Å². The Morgan fingerprint density at radius 1 is 1.10 bits per heavy atom. The van der Waals surface area contributed by atoms with Crippen LogP contribution in [0.2, 0.25) is 5.02 Å². The standard InChI is InChI=1S/C18H24ClNO/c1-20-18(13-7-5-3-2-4-6-8-13)17-12-14-11-15(19)9-10-16(14)21-17/h9-13,18,20H,2-8H2,1H3. The van der Waals surface area contributed by atoms with E-state index in [0.29, 0.717) is 12.0 Å². The van der Waals surface area contributed by atoms with E-state index in [1.165, 1.54) is 44.9 Å². The molecule has 0 aliphatic heterocycles. The molecule has 1 N–H and O–H groups in total. The summed E-state index contributed by atoms with van der Waals surface area (Å²) in [5, 5.41) is 5.35. The molecule has 0 bridgehead atoms. The summed E-state index contributed by atoms with van der Waals surface area (Å²) in [5.41, 5.74) is 0.931. The molecule has 1 atom stereocenters. The molecule has 1 fully saturated rings. The van der Waals surface area contributed by atoms with E-state index >= 15 is 0 Å². The highest BCUT2D eigenvalue weighted by Crippen LogP contribution is 2.35. The van der Waals surface area contributed by atoms with Crippen molar-refractivity contribution in [2.45, 2.75) is 51.0 Å². The number of halogens is 1. The van der Waals surface area contributed by atoms with Gasteiger partial charge in [-0.1, -0.05) is 43.7 Å². The van der Waals surface area contributed by atoms with Crippen LogP contribution in [0.4, 0.5) is 0 Å². The molecule has 0 spiro atoms. The third-order valence-electron chi connectivity index (χ3n) is 4.74. The molecule has 1 aliphatic rings. The zero-order chi connectivity index (χ0) is 14.7. The van der Waals surface area contributed by atoms with E-state index in [-0.39, 0.29) is 0 Å². The molecule has 21 heavy (non-hydrogen) atoms. The predicted octanol–water partition coefficient (Wildman–Crippen LogP) is 5.71. The minimum absolute atomic E-state index is 0.314. The van der Waals surface area contributed by atoms with Crippen molar-refractivity contribution >= 4 is 22.6 Å². The molecule has 3 rings (SSSR count). The molecule has 0 radical (unpaired) electrons. The topological polar surface area (TPSA) is 25.2 Å². The Bertz CT molecular complexity index is 584. The molecule has 3 heteroatoms. The van der Waals surface area contributed by atoms with Crippen LogP contribution in [0.5, 0.6) is 0 Å². The van der Waals surface area contributed by atoms with Crippen molar-refractivity contribution in [1.29, 1.82) is 0 Å². The summed E-state index contributed by atoms with van der Waals surface area (Å²) in [6.45, 7) is 0. The highest BCUT2D eigenvalue weighted by atomic mass is 35.5. The Labute approximate surface area is 131 Å². The van der Waals surface area contributed by atoms with Crippen LogP contribution in [-0.4, -0.2) is 7.05 Å². The summed E-state index contributed by atoms with van der Waals surface area (Å²) in [6, 6.07) is 8.30. The highest BCUT2D eigenvalue weighted by molar-refractivity contribution is 6.31. The largest absolute Gasteiger partial charge is 0.459 e. The quantitative estimate of drug-likeness (QED) is 0.786. The fourth-order valence-electron chi connectivity index (χ4n) is 3.62. The Morgan fingerprint density at radius 3 is 2.52 bits per heavy atom. The third kappa shape index (κ3) is 3.44. The van der Waals surface area contributed by atoms with Gasteiger partial charge >= 0.3 is 0 Å². The first-order valence-corrected chi connectivity index (χ1v) is 8.52. The van der Waals surface area contributed by atoms with E-state index in [4.69, 9.17) is 16.0 Å². The van der Waals surface area contributed by atoms with Gasteiger partial charge in [-0.15, -0.1) is 0 Å². The van der Waals surface area contributed by atoms with Gasteiger partial charge < -0.3 is 9.73 Å². The lowest BCUT2D eigenvalue weighted by Gasteiger charge is -2.27. The van der Waals surface area contributed by atoms with Gasteiger partial charge in [-0.2, -0.15) is 0 Å². The molecule has 1 aromatic carbocycles. The summed E-state index contributed by atoms with van der Waals surface area (Å²) in [6.07, 6.45) is 9.43. The molecule has 1 saturated carbocycles. The zero-order valence-electron chi connectivity index (χ0n) is 12.7. The normalized spacial score (nSPS) is 19.3. The molecule has 1 aliphatic carbocycles. The Balaban J connectivity index is 1.85. The van der Waals surface area contributed by atoms with E-state index in [1.54, 1.807) is 0 Å². The van der Waals surface area contributed by atoms with Crippen LogP contribution in [0.3, 0.4) is 0 Å². The van der Waals surface area contributed by atoms with Crippen molar-refractivity contribution in [2.75, 3.05) is 7.05 Å². The van der Waals surface area contributed by atoms with Crippen molar-refractivity contribution in [1.82, 2.24) is 5.32 Å². The Hall–Kier alpha value is -0.990. The lowest BCUT2D eigenvalue weighted by atomic mass is 9.85. The molecular weight excluding hydrogens is 282 g/mol. The van der Waals surface area contributed by atoms with Crippen molar-refractivity contribution in [3.63, 3.8) is 0 Å². The first-order chi connectivity index (χ1) is 10.3. The molecule has 1 heterocycles. The second-order valence-corrected chi connectivity index (χ2v) is 6.64. The minimum Gasteiger partial charge on any atom is -0.459 e. The van der Waals surface area contributed by atoms with Crippen LogP contribution >= 0.6 is 11.6 Å². The number of benzene rings is 1. The van der Waals surface area contributed by atoms with Gasteiger partial charge in [-0.3, -0.25) is 0 Å². The maximum atomic E-state index is 6.08. The summed E-state index contributed by atoms with van der Waals surface area (Å²) < 4.78 is 6.08. The molecule has 2 nitrogen and oxygen atoms in total. The monoisotopic (exact) mass is 305 g/mol. The van der Waals surface area contributed by atoms with Crippen LogP contribution in [0.15, 0.2) is 28.7 Å². The van der Waals surface area contributed by atoms with Gasteiger partial charge in [-0.25, -0.2) is 0 Å². The molecule has 1 aromatic heterocycles.